The number of phenols is 1. The molecule has 0 saturated carbocycles. The number of pyridine rings is 1. The van der Waals surface area contributed by atoms with Crippen LogP contribution in [-0.2, 0) is 29.1 Å². The molecule has 2 aliphatic rings. The maximum atomic E-state index is 14.2. The summed E-state index contributed by atoms with van der Waals surface area (Å²) in [7, 11) is 0. The minimum atomic E-state index is -0.883. The summed E-state index contributed by atoms with van der Waals surface area (Å²) in [5.41, 5.74) is 3.33. The van der Waals surface area contributed by atoms with E-state index < -0.39 is 18.2 Å². The Morgan fingerprint density at radius 2 is 1.73 bits per heavy atom. The van der Waals surface area contributed by atoms with E-state index in [-0.39, 0.29) is 64.1 Å². The number of hydrogen-bond acceptors (Lipinski definition) is 6. The molecule has 6 rings (SSSR count). The Labute approximate surface area is 262 Å². The lowest BCUT2D eigenvalue weighted by Gasteiger charge is -2.55. The first-order chi connectivity index (χ1) is 21.4. The van der Waals surface area contributed by atoms with E-state index in [2.05, 4.69) is 16.2 Å². The number of benzene rings is 3. The van der Waals surface area contributed by atoms with Crippen molar-refractivity contribution in [3.8, 4) is 18.1 Å². The zero-order chi connectivity index (χ0) is 30.6. The summed E-state index contributed by atoms with van der Waals surface area (Å²) in [6.07, 6.45) is 6.80. The number of hydrazine groups is 1. The lowest BCUT2D eigenvalue weighted by molar-refractivity contribution is -0.189. The van der Waals surface area contributed by atoms with Crippen molar-refractivity contribution in [2.24, 2.45) is 0 Å². The van der Waals surface area contributed by atoms with E-state index in [0.29, 0.717) is 0 Å². The number of aromatic nitrogens is 1. The number of rotatable bonds is 7. The Balaban J connectivity index is 0.00000400. The summed E-state index contributed by atoms with van der Waals surface area (Å²) in [5.74, 6) is 2.15. The molecule has 0 unspecified atom stereocenters. The number of terminal acetylenes is 1. The highest BCUT2D eigenvalue weighted by Crippen LogP contribution is 2.30. The number of fused-ring (bicyclic) bond motifs is 2. The van der Waals surface area contributed by atoms with E-state index in [1.54, 1.807) is 40.4 Å². The van der Waals surface area contributed by atoms with Gasteiger partial charge in [-0.15, -0.1) is 6.42 Å². The van der Waals surface area contributed by atoms with Crippen molar-refractivity contribution >= 4 is 28.7 Å². The zero-order valence-electron chi connectivity index (χ0n) is 24.0. The maximum Gasteiger partial charge on any atom is 0.334 e. The zero-order valence-corrected chi connectivity index (χ0v) is 24.0. The Kier molecular flexibility index (Phi) is 9.31. The Morgan fingerprint density at radius 3 is 2.49 bits per heavy atom. The van der Waals surface area contributed by atoms with E-state index in [1.807, 2.05) is 60.7 Å². The van der Waals surface area contributed by atoms with Crippen LogP contribution >= 0.6 is 0 Å². The van der Waals surface area contributed by atoms with Gasteiger partial charge in [0.15, 0.2) is 0 Å². The number of carbonyl (C=O) groups excluding carboxylic acids is 3. The minimum Gasteiger partial charge on any atom is -0.508 e. The number of hydrogen-bond donors (Lipinski definition) is 2. The van der Waals surface area contributed by atoms with E-state index in [4.69, 9.17) is 6.42 Å². The van der Waals surface area contributed by atoms with Crippen LogP contribution in [0.5, 0.6) is 5.75 Å². The summed E-state index contributed by atoms with van der Waals surface area (Å²) in [5, 5.41) is 16.8. The van der Waals surface area contributed by atoms with Crippen molar-refractivity contribution in [2.45, 2.75) is 39.1 Å². The van der Waals surface area contributed by atoms with Crippen LogP contribution in [0.25, 0.3) is 10.9 Å². The molecule has 0 spiro atoms. The molecule has 10 heteroatoms. The summed E-state index contributed by atoms with van der Waals surface area (Å²) in [6.45, 7) is 0.499. The fourth-order valence-electron chi connectivity index (χ4n) is 5.99. The van der Waals surface area contributed by atoms with E-state index in [1.165, 1.54) is 9.91 Å². The van der Waals surface area contributed by atoms with Gasteiger partial charge in [0.25, 0.3) is 0 Å². The summed E-state index contributed by atoms with van der Waals surface area (Å²) in [4.78, 5) is 49.6. The molecule has 2 fully saturated rings. The molecule has 2 atom stereocenters. The molecule has 3 heterocycles. The fourth-order valence-corrected chi connectivity index (χ4v) is 5.99. The summed E-state index contributed by atoms with van der Waals surface area (Å²) < 4.78 is 0. The molecule has 0 aliphatic carbocycles. The van der Waals surface area contributed by atoms with Crippen LogP contribution in [0.3, 0.4) is 0 Å². The van der Waals surface area contributed by atoms with Gasteiger partial charge in [0.05, 0.1) is 25.2 Å². The van der Waals surface area contributed by atoms with Crippen LogP contribution < -0.4 is 5.32 Å². The number of phenolic OH excluding ortho intramolecular Hbond substituents is 1. The van der Waals surface area contributed by atoms with Crippen LogP contribution in [0.1, 0.15) is 24.1 Å². The van der Waals surface area contributed by atoms with Crippen molar-refractivity contribution in [1.29, 1.82) is 0 Å². The summed E-state index contributed by atoms with van der Waals surface area (Å²) >= 11 is 0. The number of carbonyl (C=O) groups is 3. The monoisotopic (exact) mass is 604 g/mol. The van der Waals surface area contributed by atoms with Gasteiger partial charge in [-0.1, -0.05) is 80.1 Å². The molecule has 4 aromatic rings. The van der Waals surface area contributed by atoms with Gasteiger partial charge in [0.1, 0.15) is 18.0 Å². The highest BCUT2D eigenvalue weighted by molar-refractivity contribution is 5.92. The molecular formula is C35H36N6O4. The van der Waals surface area contributed by atoms with E-state index in [9.17, 15) is 19.5 Å². The Bertz CT molecular complexity index is 1720. The van der Waals surface area contributed by atoms with Crippen molar-refractivity contribution in [1.82, 2.24) is 30.1 Å². The second-order valence-corrected chi connectivity index (χ2v) is 10.9. The molecule has 10 nitrogen and oxygen atoms in total. The topological polar surface area (TPSA) is 109 Å². The smallest absolute Gasteiger partial charge is 0.334 e. The molecule has 0 radical (unpaired) electrons. The SMILES string of the molecule is C.C#CCN1CC(=O)N2[C@@H](Cc3ccc(O)cc3)C(=O)N(Cc3cccc4cccnc34)C[C@@H]2N1C(=O)NCc1ccccc1. The molecule has 2 N–H and O–H groups in total. The first kappa shape index (κ1) is 31.0. The third kappa shape index (κ3) is 6.44. The number of urea groups is 1. The van der Waals surface area contributed by atoms with Crippen molar-refractivity contribution in [2.75, 3.05) is 19.6 Å². The number of aromatic hydroxyl groups is 1. The number of para-hydroxylation sites is 1. The molecule has 2 saturated heterocycles. The predicted molar refractivity (Wildman–Crippen MR) is 171 cm³/mol. The minimum absolute atomic E-state index is 0. The largest absolute Gasteiger partial charge is 0.508 e. The number of nitrogens with zero attached hydrogens (tertiary/aromatic N) is 5. The van der Waals surface area contributed by atoms with Crippen LogP contribution in [0.2, 0.25) is 0 Å². The van der Waals surface area contributed by atoms with E-state index in [0.717, 1.165) is 27.6 Å². The average molecular weight is 605 g/mol. The van der Waals surface area contributed by atoms with Crippen molar-refractivity contribution in [3.05, 3.63) is 108 Å². The molecule has 2 aliphatic heterocycles. The number of amides is 4. The van der Waals surface area contributed by atoms with Crippen molar-refractivity contribution < 1.29 is 19.5 Å². The summed E-state index contributed by atoms with van der Waals surface area (Å²) in [6, 6.07) is 24.5. The lowest BCUT2D eigenvalue weighted by atomic mass is 9.98. The molecule has 1 aromatic heterocycles. The van der Waals surface area contributed by atoms with Gasteiger partial charge in [-0.2, -0.15) is 5.01 Å². The molecular weight excluding hydrogens is 568 g/mol. The molecule has 0 bridgehead atoms. The second kappa shape index (κ2) is 13.5. The van der Waals surface area contributed by atoms with Gasteiger partial charge in [-0.25, -0.2) is 9.80 Å². The lowest BCUT2D eigenvalue weighted by Crippen LogP contribution is -2.76. The quantitative estimate of drug-likeness (QED) is 0.311. The molecule has 4 amide bonds. The predicted octanol–water partition coefficient (Wildman–Crippen LogP) is 3.76. The standard InChI is InChI=1S/C34H32N6O4.CH4/c1-2-18-38-23-31(42)39-29(19-24-13-15-28(41)16-14-24)33(43)37(21-27-11-6-10-26-12-7-17-35-32(26)27)22-30(39)40(38)34(44)36-20-25-8-4-3-5-9-25;/h1,3-17,29-30,41H,18-23H2,(H,36,44);1H4/t29-,30-;/m0./s1. The molecule has 45 heavy (non-hydrogen) atoms. The number of nitrogens with one attached hydrogen (secondary N) is 1. The third-order valence-electron chi connectivity index (χ3n) is 8.04. The second-order valence-electron chi connectivity index (χ2n) is 10.9. The first-order valence-electron chi connectivity index (χ1n) is 14.4. The van der Waals surface area contributed by atoms with Crippen LogP contribution in [0.4, 0.5) is 4.79 Å². The molecule has 230 valence electrons. The van der Waals surface area contributed by atoms with Gasteiger partial charge < -0.3 is 20.2 Å². The first-order valence-corrected chi connectivity index (χ1v) is 14.4. The van der Waals surface area contributed by atoms with Crippen LogP contribution in [-0.4, -0.2) is 79.6 Å². The third-order valence-corrected chi connectivity index (χ3v) is 8.04. The van der Waals surface area contributed by atoms with Gasteiger partial charge in [-0.3, -0.25) is 14.6 Å². The van der Waals surface area contributed by atoms with Crippen LogP contribution in [0.15, 0.2) is 91.1 Å². The van der Waals surface area contributed by atoms with Gasteiger partial charge in [-0.05, 0) is 34.9 Å². The van der Waals surface area contributed by atoms with Gasteiger partial charge in [0, 0.05) is 31.1 Å². The van der Waals surface area contributed by atoms with E-state index >= 15 is 0 Å². The average Bonchev–Trinajstić information content (AvgIpc) is 3.03. The highest BCUT2D eigenvalue weighted by Gasteiger charge is 2.51. The molecule has 3 aromatic carbocycles. The normalized spacial score (nSPS) is 18.2. The highest BCUT2D eigenvalue weighted by atomic mass is 16.3. The fraction of sp³-hybridized carbons (Fsp3) is 0.257. The van der Waals surface area contributed by atoms with Crippen molar-refractivity contribution in [3.63, 3.8) is 0 Å². The van der Waals surface area contributed by atoms with Gasteiger partial charge >= 0.3 is 6.03 Å². The van der Waals surface area contributed by atoms with Gasteiger partial charge in [0.2, 0.25) is 11.8 Å². The Morgan fingerprint density at radius 1 is 0.978 bits per heavy atom. The Hall–Kier alpha value is -5.40. The van der Waals surface area contributed by atoms with Crippen LogP contribution in [0, 0.1) is 12.3 Å². The maximum absolute atomic E-state index is 14.2. The number of piperazine rings is 1.